The normalized spacial score (nSPS) is 10.1. The maximum Gasteiger partial charge on any atom is 0.250 e. The van der Waals surface area contributed by atoms with Gasteiger partial charge in [0, 0.05) is 11.6 Å². The zero-order chi connectivity index (χ0) is 11.4. The van der Waals surface area contributed by atoms with Crippen LogP contribution in [-0.4, -0.2) is 24.7 Å². The first-order valence-corrected chi connectivity index (χ1v) is 5.12. The SMILES string of the molecule is COCC(=O)Nc1c(O)ccc(Br)c1C. The zero-order valence-electron chi connectivity index (χ0n) is 8.50. The number of halogens is 1. The quantitative estimate of drug-likeness (QED) is 0.829. The van der Waals surface area contributed by atoms with Crippen molar-refractivity contribution in [3.8, 4) is 5.75 Å². The van der Waals surface area contributed by atoms with Crippen LogP contribution in [0.1, 0.15) is 5.56 Å². The topological polar surface area (TPSA) is 58.6 Å². The standard InChI is InChI=1S/C10H12BrNO3/c1-6-7(11)3-4-8(13)10(6)12-9(14)5-15-2/h3-4,13H,5H2,1-2H3,(H,12,14). The molecule has 1 aromatic rings. The number of methoxy groups -OCH3 is 1. The lowest BCUT2D eigenvalue weighted by atomic mass is 10.2. The second kappa shape index (κ2) is 5.14. The van der Waals surface area contributed by atoms with Crippen molar-refractivity contribution in [1.29, 1.82) is 0 Å². The second-order valence-electron chi connectivity index (χ2n) is 3.05. The molecule has 0 unspecified atom stereocenters. The van der Waals surface area contributed by atoms with Gasteiger partial charge in [0.1, 0.15) is 12.4 Å². The van der Waals surface area contributed by atoms with Gasteiger partial charge < -0.3 is 15.2 Å². The summed E-state index contributed by atoms with van der Waals surface area (Å²) >= 11 is 3.32. The maximum atomic E-state index is 11.3. The average Bonchev–Trinajstić information content (AvgIpc) is 2.19. The molecular weight excluding hydrogens is 262 g/mol. The summed E-state index contributed by atoms with van der Waals surface area (Å²) in [5.41, 5.74) is 1.19. The van der Waals surface area contributed by atoms with Gasteiger partial charge >= 0.3 is 0 Å². The average molecular weight is 274 g/mol. The fourth-order valence-corrected chi connectivity index (χ4v) is 1.47. The molecule has 0 saturated heterocycles. The smallest absolute Gasteiger partial charge is 0.250 e. The lowest BCUT2D eigenvalue weighted by Gasteiger charge is -2.11. The highest BCUT2D eigenvalue weighted by Crippen LogP contribution is 2.32. The minimum absolute atomic E-state index is 0.0363. The Morgan fingerprint density at radius 1 is 1.60 bits per heavy atom. The number of anilines is 1. The van der Waals surface area contributed by atoms with Crippen molar-refractivity contribution in [2.75, 3.05) is 19.0 Å². The number of phenolic OH excluding ortho intramolecular Hbond substituents is 1. The molecule has 0 spiro atoms. The van der Waals surface area contributed by atoms with Gasteiger partial charge in [-0.1, -0.05) is 15.9 Å². The molecule has 0 aromatic heterocycles. The predicted octanol–water partition coefficient (Wildman–Crippen LogP) is 2.05. The summed E-state index contributed by atoms with van der Waals surface area (Å²) < 4.78 is 5.51. The van der Waals surface area contributed by atoms with Crippen LogP contribution in [0.3, 0.4) is 0 Å². The van der Waals surface area contributed by atoms with Crippen molar-refractivity contribution in [2.45, 2.75) is 6.92 Å². The van der Waals surface area contributed by atoms with Crippen molar-refractivity contribution in [3.05, 3.63) is 22.2 Å². The van der Waals surface area contributed by atoms with Gasteiger partial charge in [0.2, 0.25) is 5.91 Å². The molecule has 0 aliphatic heterocycles. The first-order chi connectivity index (χ1) is 7.06. The van der Waals surface area contributed by atoms with E-state index in [0.717, 1.165) is 10.0 Å². The molecule has 5 heteroatoms. The molecule has 0 radical (unpaired) electrons. The van der Waals surface area contributed by atoms with E-state index in [0.29, 0.717) is 5.69 Å². The third-order valence-electron chi connectivity index (χ3n) is 1.92. The third kappa shape index (κ3) is 2.94. The molecule has 82 valence electrons. The van der Waals surface area contributed by atoms with Gasteiger partial charge in [0.05, 0.1) is 5.69 Å². The molecule has 1 amide bonds. The summed E-state index contributed by atoms with van der Waals surface area (Å²) in [6.45, 7) is 1.76. The van der Waals surface area contributed by atoms with E-state index in [1.165, 1.54) is 13.2 Å². The highest BCUT2D eigenvalue weighted by Gasteiger charge is 2.10. The van der Waals surface area contributed by atoms with E-state index in [9.17, 15) is 9.90 Å². The lowest BCUT2D eigenvalue weighted by molar-refractivity contribution is -0.119. The minimum atomic E-state index is -0.297. The molecule has 0 aliphatic rings. The summed E-state index contributed by atoms with van der Waals surface area (Å²) in [7, 11) is 1.44. The number of carbonyl (C=O) groups is 1. The fraction of sp³-hybridized carbons (Fsp3) is 0.300. The van der Waals surface area contributed by atoms with Crippen LogP contribution in [0.15, 0.2) is 16.6 Å². The first kappa shape index (κ1) is 12.0. The van der Waals surface area contributed by atoms with Crippen molar-refractivity contribution in [3.63, 3.8) is 0 Å². The summed E-state index contributed by atoms with van der Waals surface area (Å²) in [5.74, 6) is -0.255. The molecule has 0 saturated carbocycles. The van der Waals surface area contributed by atoms with E-state index < -0.39 is 0 Å². The Morgan fingerprint density at radius 2 is 2.27 bits per heavy atom. The van der Waals surface area contributed by atoms with Crippen molar-refractivity contribution >= 4 is 27.5 Å². The number of hydrogen-bond acceptors (Lipinski definition) is 3. The molecule has 0 bridgehead atoms. The van der Waals surface area contributed by atoms with Crippen LogP contribution in [0.4, 0.5) is 5.69 Å². The van der Waals surface area contributed by atoms with Gasteiger partial charge in [0.15, 0.2) is 0 Å². The Hall–Kier alpha value is -1.07. The molecule has 1 aromatic carbocycles. The Morgan fingerprint density at radius 3 is 2.87 bits per heavy atom. The summed E-state index contributed by atoms with van der Waals surface area (Å²) in [5, 5.41) is 12.1. The number of rotatable bonds is 3. The summed E-state index contributed by atoms with van der Waals surface area (Å²) in [6, 6.07) is 3.23. The van der Waals surface area contributed by atoms with E-state index in [4.69, 9.17) is 0 Å². The molecular formula is C10H12BrNO3. The first-order valence-electron chi connectivity index (χ1n) is 4.33. The highest BCUT2D eigenvalue weighted by molar-refractivity contribution is 9.10. The van der Waals surface area contributed by atoms with E-state index in [-0.39, 0.29) is 18.3 Å². The molecule has 0 aliphatic carbocycles. The van der Waals surface area contributed by atoms with Gasteiger partial charge in [-0.3, -0.25) is 4.79 Å². The van der Waals surface area contributed by atoms with E-state index in [1.54, 1.807) is 13.0 Å². The lowest BCUT2D eigenvalue weighted by Crippen LogP contribution is -2.17. The molecule has 2 N–H and O–H groups in total. The number of nitrogens with one attached hydrogen (secondary N) is 1. The van der Waals surface area contributed by atoms with Crippen LogP contribution in [0.5, 0.6) is 5.75 Å². The maximum absolute atomic E-state index is 11.3. The van der Waals surface area contributed by atoms with Gasteiger partial charge in [-0.25, -0.2) is 0 Å². The van der Waals surface area contributed by atoms with Crippen molar-refractivity contribution in [2.24, 2.45) is 0 Å². The zero-order valence-corrected chi connectivity index (χ0v) is 10.1. The second-order valence-corrected chi connectivity index (χ2v) is 3.90. The Kier molecular flexibility index (Phi) is 4.11. The predicted molar refractivity (Wildman–Crippen MR) is 61.0 cm³/mol. The molecule has 4 nitrogen and oxygen atoms in total. The molecule has 0 fully saturated rings. The van der Waals surface area contributed by atoms with Gasteiger partial charge in [-0.15, -0.1) is 0 Å². The number of amides is 1. The third-order valence-corrected chi connectivity index (χ3v) is 2.78. The highest BCUT2D eigenvalue weighted by atomic mass is 79.9. The van der Waals surface area contributed by atoms with Crippen LogP contribution in [0.25, 0.3) is 0 Å². The van der Waals surface area contributed by atoms with Gasteiger partial charge in [-0.05, 0) is 24.6 Å². The number of carbonyl (C=O) groups excluding carboxylic acids is 1. The van der Waals surface area contributed by atoms with Crippen LogP contribution < -0.4 is 5.32 Å². The van der Waals surface area contributed by atoms with Gasteiger partial charge in [-0.2, -0.15) is 0 Å². The monoisotopic (exact) mass is 273 g/mol. The summed E-state index contributed by atoms with van der Waals surface area (Å²) in [4.78, 5) is 11.3. The summed E-state index contributed by atoms with van der Waals surface area (Å²) in [6.07, 6.45) is 0. The van der Waals surface area contributed by atoms with Crippen molar-refractivity contribution < 1.29 is 14.6 Å². The molecule has 0 atom stereocenters. The molecule has 1 rings (SSSR count). The number of aromatic hydroxyl groups is 1. The molecule has 15 heavy (non-hydrogen) atoms. The van der Waals surface area contributed by atoms with Crippen molar-refractivity contribution in [1.82, 2.24) is 0 Å². The van der Waals surface area contributed by atoms with Crippen LogP contribution in [0.2, 0.25) is 0 Å². The number of phenols is 1. The van der Waals surface area contributed by atoms with Crippen LogP contribution in [0, 0.1) is 6.92 Å². The van der Waals surface area contributed by atoms with Crippen LogP contribution >= 0.6 is 15.9 Å². The Bertz CT molecular complexity index is 379. The Balaban J connectivity index is 2.93. The number of ether oxygens (including phenoxy) is 1. The van der Waals surface area contributed by atoms with Gasteiger partial charge in [0.25, 0.3) is 0 Å². The Labute approximate surface area is 96.4 Å². The minimum Gasteiger partial charge on any atom is -0.506 e. The molecule has 0 heterocycles. The van der Waals surface area contributed by atoms with E-state index in [2.05, 4.69) is 26.0 Å². The van der Waals surface area contributed by atoms with E-state index in [1.807, 2.05) is 0 Å². The van der Waals surface area contributed by atoms with Crippen LogP contribution in [-0.2, 0) is 9.53 Å². The number of hydrogen-bond donors (Lipinski definition) is 2. The number of benzene rings is 1. The largest absolute Gasteiger partial charge is 0.506 e. The fourth-order valence-electron chi connectivity index (χ4n) is 1.14. The van der Waals surface area contributed by atoms with E-state index >= 15 is 0 Å².